The molecule has 0 heterocycles. The quantitative estimate of drug-likeness (QED) is 0.309. The number of rotatable bonds is 4. The summed E-state index contributed by atoms with van der Waals surface area (Å²) in [6.45, 7) is 4.23. The minimum Gasteiger partial charge on any atom is -0.324 e. The van der Waals surface area contributed by atoms with E-state index in [-0.39, 0.29) is 16.7 Å². The normalized spacial score (nSPS) is 17.2. The Hall–Kier alpha value is -1.14. The molecule has 1 unspecified atom stereocenters. The molecule has 0 saturated carbocycles. The van der Waals surface area contributed by atoms with Crippen LogP contribution in [0.1, 0.15) is 20.8 Å². The highest BCUT2D eigenvalue weighted by Gasteiger charge is 2.32. The number of nitrogens with zero attached hydrogens (tertiary/aromatic N) is 1. The van der Waals surface area contributed by atoms with E-state index >= 15 is 0 Å². The van der Waals surface area contributed by atoms with E-state index in [4.69, 9.17) is 11.0 Å². The molecule has 0 aromatic carbocycles. The zero-order valence-electron chi connectivity index (χ0n) is 11.7. The summed E-state index contributed by atoms with van der Waals surface area (Å²) in [5.41, 5.74) is 4.58. The van der Waals surface area contributed by atoms with Gasteiger partial charge in [-0.2, -0.15) is 18.4 Å². The molecule has 2 N–H and O–H groups in total. The van der Waals surface area contributed by atoms with Gasteiger partial charge in [-0.15, -0.1) is 0 Å². The fourth-order valence-corrected chi connectivity index (χ4v) is 2.06. The molecule has 2 nitrogen and oxygen atoms in total. The van der Waals surface area contributed by atoms with Gasteiger partial charge in [0.25, 0.3) is 0 Å². The van der Waals surface area contributed by atoms with Crippen LogP contribution in [0.5, 0.6) is 0 Å². The van der Waals surface area contributed by atoms with Crippen LogP contribution < -0.4 is 5.73 Å². The Morgan fingerprint density at radius 3 is 2.19 bits per heavy atom. The molecule has 0 aliphatic carbocycles. The molecule has 0 bridgehead atoms. The van der Waals surface area contributed by atoms with E-state index in [1.54, 1.807) is 6.07 Å². The Labute approximate surface area is 134 Å². The molecular weight excluding hydrogens is 399 g/mol. The van der Waals surface area contributed by atoms with Crippen molar-refractivity contribution in [1.82, 2.24) is 0 Å². The summed E-state index contributed by atoms with van der Waals surface area (Å²) in [5, 5.41) is 8.98. The second-order valence-corrected chi connectivity index (χ2v) is 4.82. The molecule has 0 aliphatic heterocycles. The van der Waals surface area contributed by atoms with E-state index in [0.717, 1.165) is 16.2 Å². The van der Waals surface area contributed by atoms with Gasteiger partial charge in [0, 0.05) is 6.04 Å². The molecule has 1 atom stereocenters. The summed E-state index contributed by atoms with van der Waals surface area (Å²) < 4.78 is 52.8. The van der Waals surface area contributed by atoms with Crippen molar-refractivity contribution in [2.24, 2.45) is 5.73 Å². The molecule has 21 heavy (non-hydrogen) atoms. The van der Waals surface area contributed by atoms with Gasteiger partial charge in [-0.1, -0.05) is 28.7 Å². The fourth-order valence-electron chi connectivity index (χ4n) is 1.53. The van der Waals surface area contributed by atoms with Crippen molar-refractivity contribution in [2.45, 2.75) is 33.0 Å². The van der Waals surface area contributed by atoms with Crippen LogP contribution in [-0.4, -0.2) is 12.2 Å². The van der Waals surface area contributed by atoms with E-state index in [1.165, 1.54) is 43.4 Å². The zero-order chi connectivity index (χ0) is 16.8. The molecule has 0 aromatic heterocycles. The first-order valence-corrected chi connectivity index (χ1v) is 7.12. The summed E-state index contributed by atoms with van der Waals surface area (Å²) in [4.78, 5) is 0. The number of alkyl halides is 3. The second kappa shape index (κ2) is 8.34. The highest BCUT2D eigenvalue weighted by molar-refractivity contribution is 14.1. The number of halogens is 5. The van der Waals surface area contributed by atoms with Crippen LogP contribution in [-0.2, 0) is 0 Å². The van der Waals surface area contributed by atoms with Crippen molar-refractivity contribution in [1.29, 1.82) is 5.26 Å². The third-order valence-corrected chi connectivity index (χ3v) is 3.33. The lowest BCUT2D eigenvalue weighted by Crippen LogP contribution is -2.21. The number of nitrogens with two attached hydrogens (primary N) is 1. The van der Waals surface area contributed by atoms with E-state index in [9.17, 15) is 17.6 Å². The van der Waals surface area contributed by atoms with E-state index < -0.39 is 23.6 Å². The largest absolute Gasteiger partial charge is 0.416 e. The third kappa shape index (κ3) is 5.63. The molecule has 7 heteroatoms. The smallest absolute Gasteiger partial charge is 0.324 e. The zero-order valence-corrected chi connectivity index (χ0v) is 13.9. The molecule has 0 radical (unpaired) electrons. The van der Waals surface area contributed by atoms with Crippen LogP contribution in [0.3, 0.4) is 0 Å². The summed E-state index contributed by atoms with van der Waals surface area (Å²) in [6, 6.07) is 0.870. The minimum absolute atomic E-state index is 0.0591. The fraction of sp³-hybridized carbons (Fsp3) is 0.357. The number of allylic oxidation sites excluding steroid dienone is 5. The van der Waals surface area contributed by atoms with Gasteiger partial charge in [0.1, 0.15) is 11.9 Å². The number of hydrogen-bond acceptors (Lipinski definition) is 2. The van der Waals surface area contributed by atoms with Crippen LogP contribution in [0.4, 0.5) is 17.6 Å². The van der Waals surface area contributed by atoms with Crippen LogP contribution in [0.2, 0.25) is 0 Å². The first-order chi connectivity index (χ1) is 9.59. The van der Waals surface area contributed by atoms with E-state index in [2.05, 4.69) is 0 Å². The first-order valence-electron chi connectivity index (χ1n) is 5.88. The molecule has 116 valence electrons. The monoisotopic (exact) mass is 414 g/mol. The highest BCUT2D eigenvalue weighted by Crippen LogP contribution is 2.31. The van der Waals surface area contributed by atoms with Crippen molar-refractivity contribution >= 4 is 22.6 Å². The van der Waals surface area contributed by atoms with Crippen molar-refractivity contribution < 1.29 is 17.6 Å². The van der Waals surface area contributed by atoms with Crippen molar-refractivity contribution in [3.8, 4) is 6.07 Å². The molecule has 0 aliphatic rings. The number of nitriles is 1. The maximum atomic E-state index is 13.6. The van der Waals surface area contributed by atoms with E-state index in [0.29, 0.717) is 0 Å². The summed E-state index contributed by atoms with van der Waals surface area (Å²) in [7, 11) is 0. The average molecular weight is 414 g/mol. The predicted octanol–water partition coefficient (Wildman–Crippen LogP) is 4.85. The molecule has 0 aromatic rings. The summed E-state index contributed by atoms with van der Waals surface area (Å²) in [5.74, 6) is -0.798. The molecule has 0 fully saturated rings. The van der Waals surface area contributed by atoms with Gasteiger partial charge in [0.15, 0.2) is 0 Å². The van der Waals surface area contributed by atoms with Crippen LogP contribution in [0, 0.1) is 11.3 Å². The van der Waals surface area contributed by atoms with Gasteiger partial charge in [0.05, 0.1) is 11.1 Å². The van der Waals surface area contributed by atoms with Crippen LogP contribution in [0.25, 0.3) is 0 Å². The Bertz CT molecular complexity index is 546. The lowest BCUT2D eigenvalue weighted by Gasteiger charge is -2.16. The molecule has 0 rings (SSSR count). The lowest BCUT2D eigenvalue weighted by molar-refractivity contribution is -0.0879. The first kappa shape index (κ1) is 19.9. The lowest BCUT2D eigenvalue weighted by atomic mass is 9.94. The van der Waals surface area contributed by atoms with Gasteiger partial charge in [0.2, 0.25) is 0 Å². The summed E-state index contributed by atoms with van der Waals surface area (Å²) in [6.07, 6.45) is -2.64. The standard InChI is InChI=1S/C14H15F4IN2/c1-4-13(15)12(7-20)8(2)11(9(3)21)5-10(6-19)14(16,17)18/h4-6,9H,21H2,1-3H3/b10-6+,11-5-,12-8+,13-4+. The topological polar surface area (TPSA) is 49.8 Å². The van der Waals surface area contributed by atoms with Gasteiger partial charge in [-0.05, 0) is 42.1 Å². The third-order valence-electron chi connectivity index (χ3n) is 2.66. The Kier molecular flexibility index (Phi) is 7.89. The Morgan fingerprint density at radius 1 is 1.38 bits per heavy atom. The Morgan fingerprint density at radius 2 is 1.90 bits per heavy atom. The predicted molar refractivity (Wildman–Crippen MR) is 83.1 cm³/mol. The highest BCUT2D eigenvalue weighted by atomic mass is 127. The molecule has 0 spiro atoms. The van der Waals surface area contributed by atoms with Crippen LogP contribution in [0.15, 0.2) is 44.4 Å². The van der Waals surface area contributed by atoms with Crippen LogP contribution >= 0.6 is 22.6 Å². The van der Waals surface area contributed by atoms with Crippen molar-refractivity contribution in [3.05, 3.63) is 44.4 Å². The SMILES string of the molecule is C\C=C(F)/C(C#N)=C(C)/C(=C/C(=C\I)C(F)(F)F)C(C)N. The molecular formula is C14H15F4IN2. The maximum absolute atomic E-state index is 13.6. The van der Waals surface area contributed by atoms with Crippen molar-refractivity contribution in [3.63, 3.8) is 0 Å². The Balaban J connectivity index is 6.19. The van der Waals surface area contributed by atoms with Gasteiger partial charge in [-0.3, -0.25) is 0 Å². The summed E-state index contributed by atoms with van der Waals surface area (Å²) >= 11 is 1.47. The van der Waals surface area contributed by atoms with Gasteiger partial charge in [-0.25, -0.2) is 4.39 Å². The number of hydrogen-bond donors (Lipinski definition) is 1. The molecule has 0 saturated heterocycles. The van der Waals surface area contributed by atoms with E-state index in [1.807, 2.05) is 0 Å². The van der Waals surface area contributed by atoms with Crippen molar-refractivity contribution in [2.75, 3.05) is 0 Å². The van der Waals surface area contributed by atoms with Gasteiger partial charge >= 0.3 is 6.18 Å². The maximum Gasteiger partial charge on any atom is 0.416 e. The molecule has 0 amide bonds. The second-order valence-electron chi connectivity index (χ2n) is 4.20. The minimum atomic E-state index is -4.55. The van der Waals surface area contributed by atoms with Gasteiger partial charge < -0.3 is 5.73 Å². The average Bonchev–Trinajstić information content (AvgIpc) is 2.37.